The normalized spacial score (nSPS) is 14.3. The van der Waals surface area contributed by atoms with Crippen molar-refractivity contribution in [3.63, 3.8) is 0 Å². The van der Waals surface area contributed by atoms with Gasteiger partial charge in [0.05, 0.1) is 79.5 Å². The molecule has 0 bridgehead atoms. The van der Waals surface area contributed by atoms with Crippen LogP contribution in [0.5, 0.6) is 5.75 Å². The Morgan fingerprint density at radius 3 is 1.10 bits per heavy atom. The second-order valence-electron chi connectivity index (χ2n) is 32.5. The summed E-state index contributed by atoms with van der Waals surface area (Å²) in [6.07, 6.45) is 18.9. The lowest BCUT2D eigenvalue weighted by Gasteiger charge is -2.17. The molecule has 130 heavy (non-hydrogen) atoms. The van der Waals surface area contributed by atoms with Crippen molar-refractivity contribution in [2.75, 3.05) is 21.3 Å². The van der Waals surface area contributed by atoms with Gasteiger partial charge in [0.25, 0.3) is 0 Å². The first-order valence-corrected chi connectivity index (χ1v) is 49.1. The van der Waals surface area contributed by atoms with Crippen molar-refractivity contribution in [1.29, 1.82) is 0 Å². The number of hydrogen-bond acceptors (Lipinski definition) is 22. The molecule has 16 aromatic rings. The Balaban J connectivity index is 0.000000121. The van der Waals surface area contributed by atoms with Crippen molar-refractivity contribution < 1.29 is 34.0 Å². The van der Waals surface area contributed by atoms with Crippen LogP contribution in [0.15, 0.2) is 306 Å². The third-order valence-corrected chi connectivity index (χ3v) is 30.3. The van der Waals surface area contributed by atoms with E-state index in [1.807, 2.05) is 206 Å². The van der Waals surface area contributed by atoms with Gasteiger partial charge in [-0.2, -0.15) is 0 Å². The minimum atomic E-state index is -4.09. The van der Waals surface area contributed by atoms with E-state index >= 15 is 0 Å². The number of nitrogens with one attached hydrogen (secondary N) is 4. The topological polar surface area (TPSA) is 287 Å². The van der Waals surface area contributed by atoms with Gasteiger partial charge in [-0.25, -0.2) is 48.3 Å². The molecule has 0 unspecified atom stereocenters. The largest absolute Gasteiger partial charge is 0.507 e. The Labute approximate surface area is 783 Å². The van der Waals surface area contributed by atoms with Gasteiger partial charge >= 0.3 is 0 Å². The molecule has 0 atom stereocenters. The van der Waals surface area contributed by atoms with E-state index in [0.29, 0.717) is 62.0 Å². The Kier molecular flexibility index (Phi) is 29.8. The zero-order chi connectivity index (χ0) is 89.5. The molecule has 0 amide bonds. The Morgan fingerprint density at radius 1 is 0.308 bits per heavy atom. The molecule has 0 radical (unpaired) electrons. The molecule has 660 valence electrons. The molecule has 0 spiro atoms. The highest BCUT2D eigenvalue weighted by Crippen LogP contribution is 2.47. The number of fused-ring (bicyclic) bond motifs is 4. The number of aromatic nitrogens is 8. The summed E-state index contributed by atoms with van der Waals surface area (Å²) in [6.45, 7) is -0.467. The van der Waals surface area contributed by atoms with Gasteiger partial charge in [-0.15, -0.1) is 0 Å². The standard InChI is InChI=1S/3C26H24ClN3OS.C26H25N3O4S/c27-21-13-7-12-20(24(21)32-23-15-6-1-8-17(23)16-31)26-29-22-14-5-4-11-19(22)25(30-26)28-18-9-2-3-10-18;27-20-12-7-15-23(32-22-14-6-1-8-17(22)16-31)24(20)26-29-21-13-5-4-11-19(21)25(30-26)28-18-9-2-3-10-18;27-18-13-14-24(32-23-12-6-1-7-17(23)16-31)21(15-18)26-29-22-11-5-4-10-20(22)25(30-26)28-19-8-2-3-9-19;30-16-17-8-1-6-14-22(17)34(32,33)23-15-7-13-21(31)24(23)26-28-20-12-5-4-11-19(20)25(29-26)27-18-9-2-3-10-18/h2*1,4-8,11-15,18,31H,2-3,9-10,16H2,(H,28,29,30);1,4-7,10-15,19,31H,2-3,8-9,16H2,(H,28,29,30);1,4-8,11-15,18,30-31H,2-3,9-10,16H2,(H,27,28,29). The second-order valence-corrected chi connectivity index (χ2v) is 38.9. The summed E-state index contributed by atoms with van der Waals surface area (Å²) < 4.78 is 27.4. The van der Waals surface area contributed by atoms with Gasteiger partial charge in [-0.05, 0) is 201 Å². The number of rotatable bonds is 24. The summed E-state index contributed by atoms with van der Waals surface area (Å²) in [5, 5.41) is 70.1. The average molecular weight is 1860 g/mol. The lowest BCUT2D eigenvalue weighted by Crippen LogP contribution is -2.16. The molecular formula is C104H97Cl3N12O7S4. The molecular weight excluding hydrogens is 1760 g/mol. The van der Waals surface area contributed by atoms with E-state index in [1.165, 1.54) is 113 Å². The number of anilines is 4. The molecule has 9 N–H and O–H groups in total. The van der Waals surface area contributed by atoms with E-state index in [1.54, 1.807) is 41.7 Å². The summed E-state index contributed by atoms with van der Waals surface area (Å²) in [7, 11) is -4.09. The fourth-order valence-electron chi connectivity index (χ4n) is 17.2. The molecule has 4 fully saturated rings. The number of aromatic hydroxyl groups is 1. The highest BCUT2D eigenvalue weighted by molar-refractivity contribution is 8.00. The number of phenols is 1. The zero-order valence-electron chi connectivity index (χ0n) is 71.3. The molecule has 4 heterocycles. The summed E-state index contributed by atoms with van der Waals surface area (Å²) in [4.78, 5) is 44.6. The average Bonchev–Trinajstić information content (AvgIpc) is 1.03. The van der Waals surface area contributed by atoms with E-state index < -0.39 is 16.4 Å². The number of nitrogens with zero attached hydrogens (tertiary/aromatic N) is 8. The number of benzene rings is 12. The molecule has 4 aromatic heterocycles. The van der Waals surface area contributed by atoms with Crippen molar-refractivity contribution in [3.05, 3.63) is 304 Å². The van der Waals surface area contributed by atoms with Crippen molar-refractivity contribution in [2.45, 2.75) is 192 Å². The van der Waals surface area contributed by atoms with Crippen molar-refractivity contribution in [1.82, 2.24) is 39.9 Å². The van der Waals surface area contributed by atoms with Crippen molar-refractivity contribution in [3.8, 4) is 51.3 Å². The first-order chi connectivity index (χ1) is 63.6. The van der Waals surface area contributed by atoms with Crippen LogP contribution in [0.3, 0.4) is 0 Å². The van der Waals surface area contributed by atoms with Crippen LogP contribution in [0.1, 0.15) is 125 Å². The number of aliphatic hydroxyl groups excluding tert-OH is 4. The van der Waals surface area contributed by atoms with Crippen LogP contribution in [0.25, 0.3) is 89.2 Å². The SMILES string of the molecule is O=S(=O)(c1ccccc1CO)c1cccc(O)c1-c1nc(NC2CCCC2)c2ccccc2n1.OCc1ccccc1Sc1c(Cl)cccc1-c1nc(NC2CCCC2)c2ccccc2n1.OCc1ccccc1Sc1ccc(Cl)cc1-c1nc(NC2CCCC2)c2ccccc2n1.OCc1ccccc1Sc1cccc(Cl)c1-c1nc(NC2CCCC2)c2ccccc2n1. The van der Waals surface area contributed by atoms with E-state index in [0.717, 1.165) is 144 Å². The summed E-state index contributed by atoms with van der Waals surface area (Å²) in [5.41, 5.74) is 8.89. The number of hydrogen-bond donors (Lipinski definition) is 9. The fraction of sp³-hybridized carbons (Fsp3) is 0.231. The quantitative estimate of drug-likeness (QED) is 0.0272. The van der Waals surface area contributed by atoms with Gasteiger partial charge < -0.3 is 46.8 Å². The van der Waals surface area contributed by atoms with E-state index in [9.17, 15) is 34.0 Å². The number of phenolic OH excluding ortho intramolecular Hbond substituents is 1. The maximum atomic E-state index is 13.7. The van der Waals surface area contributed by atoms with Crippen LogP contribution in [-0.4, -0.2) is 98.0 Å². The van der Waals surface area contributed by atoms with E-state index in [2.05, 4.69) is 44.5 Å². The Hall–Kier alpha value is -11.3. The smallest absolute Gasteiger partial charge is 0.207 e. The minimum Gasteiger partial charge on any atom is -0.507 e. The Morgan fingerprint density at radius 2 is 0.646 bits per heavy atom. The number of para-hydroxylation sites is 4. The van der Waals surface area contributed by atoms with Crippen LogP contribution in [-0.2, 0) is 36.3 Å². The van der Waals surface area contributed by atoms with Gasteiger partial charge in [0.15, 0.2) is 23.3 Å². The fourth-order valence-corrected chi connectivity index (χ4v) is 22.8. The molecule has 4 aliphatic rings. The number of aliphatic hydroxyl groups is 4. The molecule has 12 aromatic carbocycles. The van der Waals surface area contributed by atoms with Crippen LogP contribution >= 0.6 is 70.1 Å². The minimum absolute atomic E-state index is 0.00593. The summed E-state index contributed by atoms with van der Waals surface area (Å²) in [5.74, 6) is 5.04. The summed E-state index contributed by atoms with van der Waals surface area (Å²) in [6, 6.07) is 85.2. The molecule has 19 nitrogen and oxygen atoms in total. The van der Waals surface area contributed by atoms with Gasteiger partial charge in [0.1, 0.15) is 29.0 Å². The van der Waals surface area contributed by atoms with Crippen LogP contribution in [0.4, 0.5) is 23.3 Å². The van der Waals surface area contributed by atoms with Crippen molar-refractivity contribution in [2.24, 2.45) is 0 Å². The third-order valence-electron chi connectivity index (χ3n) is 23.8. The third kappa shape index (κ3) is 21.2. The number of sulfone groups is 1. The van der Waals surface area contributed by atoms with E-state index in [-0.39, 0.29) is 58.4 Å². The first kappa shape index (κ1) is 90.6. The van der Waals surface area contributed by atoms with Crippen LogP contribution in [0.2, 0.25) is 15.1 Å². The first-order valence-electron chi connectivity index (χ1n) is 44.0. The molecule has 20 rings (SSSR count). The monoisotopic (exact) mass is 1860 g/mol. The predicted octanol–water partition coefficient (Wildman–Crippen LogP) is 25.5. The molecule has 4 aliphatic carbocycles. The lowest BCUT2D eigenvalue weighted by atomic mass is 10.1. The van der Waals surface area contributed by atoms with Gasteiger partial charge in [-0.1, -0.05) is 261 Å². The van der Waals surface area contributed by atoms with E-state index in [4.69, 9.17) is 69.7 Å². The molecule has 26 heteroatoms. The molecule has 4 saturated carbocycles. The molecule has 0 aliphatic heterocycles. The highest BCUT2D eigenvalue weighted by Gasteiger charge is 2.31. The maximum Gasteiger partial charge on any atom is 0.207 e. The molecule has 0 saturated heterocycles. The van der Waals surface area contributed by atoms with Crippen molar-refractivity contribution >= 4 is 147 Å². The Bertz CT molecular complexity index is 6760. The number of halogens is 3. The van der Waals surface area contributed by atoms with Crippen LogP contribution < -0.4 is 21.3 Å². The maximum absolute atomic E-state index is 13.7. The summed E-state index contributed by atoms with van der Waals surface area (Å²) >= 11 is 24.5. The van der Waals surface area contributed by atoms with Gasteiger partial charge in [0.2, 0.25) is 9.84 Å². The highest BCUT2D eigenvalue weighted by atomic mass is 35.5. The van der Waals surface area contributed by atoms with Gasteiger partial charge in [0, 0.05) is 91.2 Å². The lowest BCUT2D eigenvalue weighted by molar-refractivity contribution is 0.278. The van der Waals surface area contributed by atoms with Gasteiger partial charge in [-0.3, -0.25) is 0 Å². The predicted molar refractivity (Wildman–Crippen MR) is 527 cm³/mol. The second kappa shape index (κ2) is 42.7. The van der Waals surface area contributed by atoms with Crippen LogP contribution in [0, 0.1) is 0 Å². The zero-order valence-corrected chi connectivity index (χ0v) is 76.8.